The zero-order valence-corrected chi connectivity index (χ0v) is 9.35. The molecule has 84 valence electrons. The largest absolute Gasteiger partial charge is 0.376 e. The monoisotopic (exact) mass is 213 g/mol. The number of hydrogen-bond acceptors (Lipinski definition) is 1. The zero-order chi connectivity index (χ0) is 11.4. The van der Waals surface area contributed by atoms with E-state index in [1.807, 2.05) is 32.0 Å². The molecule has 0 amide bonds. The average Bonchev–Trinajstić information content (AvgIpc) is 2.20. The van der Waals surface area contributed by atoms with E-state index in [1.54, 1.807) is 0 Å². The predicted molar refractivity (Wildman–Crippen MR) is 59.6 cm³/mol. The maximum absolute atomic E-state index is 12.4. The van der Waals surface area contributed by atoms with E-state index in [0.717, 1.165) is 23.2 Å². The molecule has 1 unspecified atom stereocenters. The van der Waals surface area contributed by atoms with Crippen LogP contribution in [0.2, 0.25) is 0 Å². The van der Waals surface area contributed by atoms with Crippen molar-refractivity contribution in [2.75, 3.05) is 5.32 Å². The van der Waals surface area contributed by atoms with Crippen LogP contribution >= 0.6 is 0 Å². The molecule has 0 saturated heterocycles. The van der Waals surface area contributed by atoms with Gasteiger partial charge in [-0.1, -0.05) is 25.1 Å². The van der Waals surface area contributed by atoms with Crippen molar-refractivity contribution >= 4 is 5.69 Å². The third-order valence-corrected chi connectivity index (χ3v) is 2.49. The smallest absolute Gasteiger partial charge is 0.258 e. The van der Waals surface area contributed by atoms with E-state index >= 15 is 0 Å². The molecule has 15 heavy (non-hydrogen) atoms. The highest BCUT2D eigenvalue weighted by atomic mass is 19.3. The molecule has 0 aliphatic heterocycles. The Hall–Kier alpha value is -1.12. The molecule has 0 bridgehead atoms. The Bertz CT molecular complexity index is 323. The van der Waals surface area contributed by atoms with Crippen LogP contribution in [-0.4, -0.2) is 12.5 Å². The molecule has 1 nitrogen and oxygen atoms in total. The fraction of sp³-hybridized carbons (Fsp3) is 0.500. The van der Waals surface area contributed by atoms with Gasteiger partial charge in [-0.15, -0.1) is 0 Å². The molecule has 1 aromatic carbocycles. The van der Waals surface area contributed by atoms with E-state index in [0.29, 0.717) is 0 Å². The topological polar surface area (TPSA) is 12.0 Å². The SMILES string of the molecule is CCc1cccc(C)c1NC(C)C(F)F. The summed E-state index contributed by atoms with van der Waals surface area (Å²) in [7, 11) is 0. The van der Waals surface area contributed by atoms with Crippen LogP contribution in [0.1, 0.15) is 25.0 Å². The Morgan fingerprint density at radius 2 is 2.00 bits per heavy atom. The minimum absolute atomic E-state index is 0.809. The molecule has 0 fully saturated rings. The third-order valence-electron chi connectivity index (χ3n) is 2.49. The van der Waals surface area contributed by atoms with Crippen LogP contribution < -0.4 is 5.32 Å². The standard InChI is InChI=1S/C12H17F2N/c1-4-10-7-5-6-8(2)11(10)15-9(3)12(13)14/h5-7,9,12,15H,4H2,1-3H3. The lowest BCUT2D eigenvalue weighted by Gasteiger charge is -2.19. The molecule has 0 spiro atoms. The number of para-hydroxylation sites is 1. The second kappa shape index (κ2) is 5.10. The number of nitrogens with one attached hydrogen (secondary N) is 1. The summed E-state index contributed by atoms with van der Waals surface area (Å²) < 4.78 is 24.8. The van der Waals surface area contributed by atoms with Gasteiger partial charge in [-0.05, 0) is 31.4 Å². The van der Waals surface area contributed by atoms with Crippen LogP contribution in [0.15, 0.2) is 18.2 Å². The number of anilines is 1. The van der Waals surface area contributed by atoms with E-state index < -0.39 is 12.5 Å². The fourth-order valence-electron chi connectivity index (χ4n) is 1.52. The molecule has 0 aliphatic carbocycles. The molecule has 3 heteroatoms. The molecule has 0 saturated carbocycles. The number of alkyl halides is 2. The van der Waals surface area contributed by atoms with Gasteiger partial charge in [0, 0.05) is 5.69 Å². The van der Waals surface area contributed by atoms with Gasteiger partial charge in [0.25, 0.3) is 6.43 Å². The van der Waals surface area contributed by atoms with Crippen molar-refractivity contribution in [2.45, 2.75) is 39.7 Å². The number of rotatable bonds is 4. The van der Waals surface area contributed by atoms with Crippen molar-refractivity contribution in [2.24, 2.45) is 0 Å². The molecule has 1 N–H and O–H groups in total. The van der Waals surface area contributed by atoms with E-state index in [1.165, 1.54) is 6.92 Å². The first-order chi connectivity index (χ1) is 7.06. The lowest BCUT2D eigenvalue weighted by molar-refractivity contribution is 0.130. The van der Waals surface area contributed by atoms with Gasteiger partial charge in [0.2, 0.25) is 0 Å². The summed E-state index contributed by atoms with van der Waals surface area (Å²) in [5, 5.41) is 2.88. The number of hydrogen-bond donors (Lipinski definition) is 1. The summed E-state index contributed by atoms with van der Waals surface area (Å²) in [5.74, 6) is 0. The minimum Gasteiger partial charge on any atom is -0.376 e. The van der Waals surface area contributed by atoms with E-state index in [2.05, 4.69) is 5.32 Å². The molecule has 0 heterocycles. The molecule has 0 radical (unpaired) electrons. The highest BCUT2D eigenvalue weighted by Gasteiger charge is 2.16. The van der Waals surface area contributed by atoms with Crippen LogP contribution in [0.5, 0.6) is 0 Å². The molecular formula is C12H17F2N. The number of benzene rings is 1. The number of aryl methyl sites for hydroxylation is 2. The van der Waals surface area contributed by atoms with E-state index in [-0.39, 0.29) is 0 Å². The van der Waals surface area contributed by atoms with Crippen LogP contribution in [0.4, 0.5) is 14.5 Å². The van der Waals surface area contributed by atoms with Gasteiger partial charge < -0.3 is 5.32 Å². The van der Waals surface area contributed by atoms with Crippen molar-refractivity contribution in [1.82, 2.24) is 0 Å². The van der Waals surface area contributed by atoms with Gasteiger partial charge in [0.05, 0.1) is 6.04 Å². The van der Waals surface area contributed by atoms with Crippen LogP contribution in [-0.2, 0) is 6.42 Å². The predicted octanol–water partition coefficient (Wildman–Crippen LogP) is 3.62. The summed E-state index contributed by atoms with van der Waals surface area (Å²) in [4.78, 5) is 0. The van der Waals surface area contributed by atoms with Crippen molar-refractivity contribution in [3.05, 3.63) is 29.3 Å². The Morgan fingerprint density at radius 1 is 1.33 bits per heavy atom. The maximum atomic E-state index is 12.4. The first kappa shape index (κ1) is 12.0. The molecule has 0 aliphatic rings. The minimum atomic E-state index is -2.34. The number of halogens is 2. The summed E-state index contributed by atoms with van der Waals surface area (Å²) in [6.45, 7) is 5.45. The van der Waals surface area contributed by atoms with Gasteiger partial charge in [0.15, 0.2) is 0 Å². The van der Waals surface area contributed by atoms with Gasteiger partial charge >= 0.3 is 0 Å². The van der Waals surface area contributed by atoms with E-state index in [9.17, 15) is 8.78 Å². The highest BCUT2D eigenvalue weighted by molar-refractivity contribution is 5.57. The van der Waals surface area contributed by atoms with Crippen molar-refractivity contribution < 1.29 is 8.78 Å². The Morgan fingerprint density at radius 3 is 2.53 bits per heavy atom. The van der Waals surface area contributed by atoms with E-state index in [4.69, 9.17) is 0 Å². The van der Waals surface area contributed by atoms with Crippen molar-refractivity contribution in [3.8, 4) is 0 Å². The van der Waals surface area contributed by atoms with Crippen LogP contribution in [0.25, 0.3) is 0 Å². The van der Waals surface area contributed by atoms with Crippen molar-refractivity contribution in [1.29, 1.82) is 0 Å². The Labute approximate surface area is 89.5 Å². The second-order valence-electron chi connectivity index (χ2n) is 3.73. The molecular weight excluding hydrogens is 196 g/mol. The zero-order valence-electron chi connectivity index (χ0n) is 9.35. The fourth-order valence-corrected chi connectivity index (χ4v) is 1.52. The Kier molecular flexibility index (Phi) is 4.06. The molecule has 0 aromatic heterocycles. The first-order valence-corrected chi connectivity index (χ1v) is 5.19. The van der Waals surface area contributed by atoms with Crippen LogP contribution in [0, 0.1) is 6.92 Å². The first-order valence-electron chi connectivity index (χ1n) is 5.19. The van der Waals surface area contributed by atoms with Gasteiger partial charge in [0.1, 0.15) is 0 Å². The lowest BCUT2D eigenvalue weighted by atomic mass is 10.1. The summed E-state index contributed by atoms with van der Waals surface area (Å²) in [5.41, 5.74) is 2.96. The summed E-state index contributed by atoms with van der Waals surface area (Å²) in [6, 6.07) is 5.04. The third kappa shape index (κ3) is 2.91. The van der Waals surface area contributed by atoms with Crippen LogP contribution in [0.3, 0.4) is 0 Å². The molecule has 1 aromatic rings. The van der Waals surface area contributed by atoms with Gasteiger partial charge in [-0.25, -0.2) is 8.78 Å². The second-order valence-corrected chi connectivity index (χ2v) is 3.73. The quantitative estimate of drug-likeness (QED) is 0.805. The maximum Gasteiger partial charge on any atom is 0.258 e. The Balaban J connectivity index is 2.92. The average molecular weight is 213 g/mol. The molecule has 1 rings (SSSR count). The highest BCUT2D eigenvalue weighted by Crippen LogP contribution is 2.22. The molecule has 1 atom stereocenters. The summed E-state index contributed by atoms with van der Waals surface area (Å²) >= 11 is 0. The normalized spacial score (nSPS) is 12.9. The van der Waals surface area contributed by atoms with Crippen molar-refractivity contribution in [3.63, 3.8) is 0 Å². The van der Waals surface area contributed by atoms with Gasteiger partial charge in [-0.2, -0.15) is 0 Å². The lowest BCUT2D eigenvalue weighted by Crippen LogP contribution is -2.24. The summed E-state index contributed by atoms with van der Waals surface area (Å²) in [6.07, 6.45) is -1.49. The van der Waals surface area contributed by atoms with Gasteiger partial charge in [-0.3, -0.25) is 0 Å².